The third-order valence-corrected chi connectivity index (χ3v) is 4.00. The van der Waals surface area contributed by atoms with Crippen molar-refractivity contribution in [1.82, 2.24) is 14.8 Å². The van der Waals surface area contributed by atoms with Gasteiger partial charge in [-0.15, -0.1) is 0 Å². The summed E-state index contributed by atoms with van der Waals surface area (Å²) in [6.07, 6.45) is 1.73. The predicted molar refractivity (Wildman–Crippen MR) is 89.6 cm³/mol. The fourth-order valence-corrected chi connectivity index (χ4v) is 2.78. The molecule has 0 amide bonds. The van der Waals surface area contributed by atoms with E-state index in [2.05, 4.69) is 10.1 Å². The van der Waals surface area contributed by atoms with Crippen molar-refractivity contribution >= 4 is 10.9 Å². The van der Waals surface area contributed by atoms with E-state index in [-0.39, 0.29) is 5.56 Å². The van der Waals surface area contributed by atoms with E-state index in [1.54, 1.807) is 13.3 Å². The van der Waals surface area contributed by atoms with Gasteiger partial charge in [-0.3, -0.25) is 4.79 Å². The molecule has 1 N–H and O–H groups in total. The molecule has 2 heterocycles. The summed E-state index contributed by atoms with van der Waals surface area (Å²) in [7, 11) is 1.61. The van der Waals surface area contributed by atoms with Crippen LogP contribution < -0.4 is 10.3 Å². The number of H-pyrrole nitrogens is 1. The number of aromatic amines is 1. The number of pyridine rings is 1. The number of ether oxygens (including phenoxy) is 1. The number of aromatic nitrogens is 3. The van der Waals surface area contributed by atoms with E-state index >= 15 is 0 Å². The molecule has 0 fully saturated rings. The number of hydrogen-bond donors (Lipinski definition) is 1. The SMILES string of the molecule is COc1ccc(-n2nc3c4ccc(C)cc4[nH]cc-3c2=O)cc1. The van der Waals surface area contributed by atoms with E-state index < -0.39 is 0 Å². The number of nitrogens with one attached hydrogen (secondary N) is 1. The molecule has 5 nitrogen and oxygen atoms in total. The Hall–Kier alpha value is -3.08. The van der Waals surface area contributed by atoms with Crippen molar-refractivity contribution in [3.63, 3.8) is 0 Å². The molecule has 0 radical (unpaired) electrons. The van der Waals surface area contributed by atoms with E-state index in [0.717, 1.165) is 22.2 Å². The van der Waals surface area contributed by atoms with Crippen LogP contribution in [-0.2, 0) is 0 Å². The topological polar surface area (TPSA) is 59.9 Å². The lowest BCUT2D eigenvalue weighted by Gasteiger charge is -2.03. The number of fused-ring (bicyclic) bond motifs is 3. The molecule has 2 aliphatic heterocycles. The molecule has 0 bridgehead atoms. The number of methoxy groups -OCH3 is 1. The predicted octanol–water partition coefficient (Wildman–Crippen LogP) is 3.14. The molecule has 0 unspecified atom stereocenters. The first-order chi connectivity index (χ1) is 11.2. The lowest BCUT2D eigenvalue weighted by atomic mass is 10.1. The molecule has 5 heteroatoms. The van der Waals surface area contributed by atoms with Crippen molar-refractivity contribution < 1.29 is 4.74 Å². The summed E-state index contributed by atoms with van der Waals surface area (Å²) in [6, 6.07) is 13.3. The number of benzene rings is 2. The Morgan fingerprint density at radius 3 is 2.65 bits per heavy atom. The highest BCUT2D eigenvalue weighted by Crippen LogP contribution is 2.26. The van der Waals surface area contributed by atoms with Gasteiger partial charge in [-0.1, -0.05) is 12.1 Å². The van der Waals surface area contributed by atoms with Gasteiger partial charge < -0.3 is 9.72 Å². The van der Waals surface area contributed by atoms with Crippen LogP contribution in [0.3, 0.4) is 0 Å². The van der Waals surface area contributed by atoms with Gasteiger partial charge >= 0.3 is 0 Å². The summed E-state index contributed by atoms with van der Waals surface area (Å²) in [6.45, 7) is 2.03. The average Bonchev–Trinajstić information content (AvgIpc) is 2.92. The Kier molecular flexibility index (Phi) is 2.94. The fraction of sp³-hybridized carbons (Fsp3) is 0.111. The second-order valence-electron chi connectivity index (χ2n) is 5.51. The molecule has 114 valence electrons. The minimum Gasteiger partial charge on any atom is -0.497 e. The Balaban J connectivity index is 1.97. The zero-order valence-corrected chi connectivity index (χ0v) is 12.8. The molecule has 0 atom stereocenters. The third-order valence-electron chi connectivity index (χ3n) is 4.00. The summed E-state index contributed by atoms with van der Waals surface area (Å²) in [5, 5.41) is 5.48. The molecule has 2 aromatic carbocycles. The van der Waals surface area contributed by atoms with Gasteiger partial charge in [-0.05, 0) is 42.8 Å². The van der Waals surface area contributed by atoms with Crippen molar-refractivity contribution in [3.8, 4) is 22.7 Å². The van der Waals surface area contributed by atoms with Gasteiger partial charge in [0.25, 0.3) is 5.56 Å². The molecular weight excluding hydrogens is 290 g/mol. The molecule has 2 aromatic rings. The Labute approximate surface area is 132 Å². The molecular formula is C18H15N3O2. The first-order valence-electron chi connectivity index (χ1n) is 7.32. The maximum absolute atomic E-state index is 12.6. The van der Waals surface area contributed by atoms with Crippen LogP contribution in [0.5, 0.6) is 5.75 Å². The Morgan fingerprint density at radius 1 is 1.13 bits per heavy atom. The van der Waals surface area contributed by atoms with Gasteiger partial charge in [-0.2, -0.15) is 9.78 Å². The number of aryl methyl sites for hydroxylation is 1. The van der Waals surface area contributed by atoms with Gasteiger partial charge in [0.15, 0.2) is 0 Å². The minimum atomic E-state index is -0.135. The maximum Gasteiger partial charge on any atom is 0.282 e. The third kappa shape index (κ3) is 2.09. The van der Waals surface area contributed by atoms with Crippen LogP contribution in [0.15, 0.2) is 53.5 Å². The van der Waals surface area contributed by atoms with Crippen LogP contribution in [-0.4, -0.2) is 21.9 Å². The summed E-state index contributed by atoms with van der Waals surface area (Å²) in [5.41, 5.74) is 4.00. The normalized spacial score (nSPS) is 11.2. The monoisotopic (exact) mass is 305 g/mol. The van der Waals surface area contributed by atoms with Crippen LogP contribution >= 0.6 is 0 Å². The summed E-state index contributed by atoms with van der Waals surface area (Å²) >= 11 is 0. The van der Waals surface area contributed by atoms with Gasteiger partial charge in [-0.25, -0.2) is 0 Å². The van der Waals surface area contributed by atoms with Crippen molar-refractivity contribution in [2.45, 2.75) is 6.92 Å². The average molecular weight is 305 g/mol. The van der Waals surface area contributed by atoms with Gasteiger partial charge in [0.05, 0.1) is 18.4 Å². The Morgan fingerprint density at radius 2 is 1.91 bits per heavy atom. The molecule has 0 aromatic heterocycles. The van der Waals surface area contributed by atoms with Gasteiger partial charge in [0.1, 0.15) is 11.4 Å². The second-order valence-corrected chi connectivity index (χ2v) is 5.51. The molecule has 0 saturated carbocycles. The van der Waals surface area contributed by atoms with E-state index in [0.29, 0.717) is 16.9 Å². The summed E-state index contributed by atoms with van der Waals surface area (Å²) in [5.74, 6) is 0.743. The first kappa shape index (κ1) is 13.6. The standard InChI is InChI=1S/C18H15N3O2/c1-11-3-8-14-16(9-11)19-10-15-17(14)20-21(18(15)22)12-4-6-13(23-2)7-5-12/h3-10,19H,1-2H3. The lowest BCUT2D eigenvalue weighted by Crippen LogP contribution is -2.14. The maximum atomic E-state index is 12.6. The molecule has 4 rings (SSSR count). The zero-order valence-electron chi connectivity index (χ0n) is 12.8. The lowest BCUT2D eigenvalue weighted by molar-refractivity contribution is 0.414. The van der Waals surface area contributed by atoms with Crippen molar-refractivity contribution in [2.24, 2.45) is 0 Å². The number of hydrogen-bond acceptors (Lipinski definition) is 3. The largest absolute Gasteiger partial charge is 0.497 e. The van der Waals surface area contributed by atoms with Crippen LogP contribution in [0.1, 0.15) is 5.56 Å². The highest BCUT2D eigenvalue weighted by molar-refractivity contribution is 5.93. The Bertz CT molecular complexity index is 1030. The molecule has 0 aliphatic carbocycles. The molecule has 2 aliphatic rings. The van der Waals surface area contributed by atoms with Crippen LogP contribution in [0, 0.1) is 6.92 Å². The van der Waals surface area contributed by atoms with Crippen LogP contribution in [0.25, 0.3) is 27.8 Å². The van der Waals surface area contributed by atoms with E-state index in [1.165, 1.54) is 4.68 Å². The van der Waals surface area contributed by atoms with Crippen molar-refractivity contribution in [2.75, 3.05) is 7.11 Å². The second kappa shape index (κ2) is 4.98. The quantitative estimate of drug-likeness (QED) is 0.619. The van der Waals surface area contributed by atoms with E-state index in [9.17, 15) is 4.79 Å². The van der Waals surface area contributed by atoms with E-state index in [1.807, 2.05) is 49.4 Å². The van der Waals surface area contributed by atoms with Crippen LogP contribution in [0.2, 0.25) is 0 Å². The summed E-state index contributed by atoms with van der Waals surface area (Å²) < 4.78 is 6.58. The molecule has 0 saturated heterocycles. The first-order valence-corrected chi connectivity index (χ1v) is 7.32. The highest BCUT2D eigenvalue weighted by atomic mass is 16.5. The van der Waals surface area contributed by atoms with Crippen molar-refractivity contribution in [3.05, 3.63) is 64.6 Å². The molecule has 23 heavy (non-hydrogen) atoms. The number of nitrogens with zero attached hydrogens (tertiary/aromatic N) is 2. The van der Waals surface area contributed by atoms with Crippen molar-refractivity contribution in [1.29, 1.82) is 0 Å². The molecule has 0 spiro atoms. The fourth-order valence-electron chi connectivity index (χ4n) is 2.78. The minimum absolute atomic E-state index is 0.135. The van der Waals surface area contributed by atoms with E-state index in [4.69, 9.17) is 4.74 Å². The summed E-state index contributed by atoms with van der Waals surface area (Å²) in [4.78, 5) is 15.8. The smallest absolute Gasteiger partial charge is 0.282 e. The van der Waals surface area contributed by atoms with Gasteiger partial charge in [0, 0.05) is 17.1 Å². The van der Waals surface area contributed by atoms with Crippen LogP contribution in [0.4, 0.5) is 0 Å². The van der Waals surface area contributed by atoms with Gasteiger partial charge in [0.2, 0.25) is 0 Å². The zero-order chi connectivity index (χ0) is 16.0. The highest BCUT2D eigenvalue weighted by Gasteiger charge is 2.18. The number of rotatable bonds is 2.